The molecule has 3 heterocycles. The summed E-state index contributed by atoms with van der Waals surface area (Å²) in [7, 11) is 0. The topological polar surface area (TPSA) is 65.8 Å². The molecule has 7 nitrogen and oxygen atoms in total. The van der Waals surface area contributed by atoms with E-state index in [1.807, 2.05) is 46.8 Å². The average Bonchev–Trinajstić information content (AvgIpc) is 3.54. The predicted molar refractivity (Wildman–Crippen MR) is 159 cm³/mol. The molecule has 0 aliphatic carbocycles. The molecule has 4 aromatic rings. The number of nitrogens with zero attached hydrogens (tertiary/aromatic N) is 3. The van der Waals surface area contributed by atoms with E-state index in [4.69, 9.17) is 14.2 Å². The zero-order valence-corrected chi connectivity index (χ0v) is 24.1. The lowest BCUT2D eigenvalue weighted by molar-refractivity contribution is 0.0733. The van der Waals surface area contributed by atoms with Gasteiger partial charge in [-0.1, -0.05) is 36.4 Å². The Labute approximate surface area is 241 Å². The number of rotatable bonds is 7. The number of carbonyl (C=O) groups is 1. The van der Waals surface area contributed by atoms with Crippen LogP contribution in [0.1, 0.15) is 44.9 Å². The number of amides is 1. The van der Waals surface area contributed by atoms with Gasteiger partial charge in [-0.2, -0.15) is 5.10 Å². The highest BCUT2D eigenvalue weighted by Gasteiger charge is 2.26. The first-order chi connectivity index (χ1) is 19.9. The van der Waals surface area contributed by atoms with Gasteiger partial charge in [-0.3, -0.25) is 9.48 Å². The van der Waals surface area contributed by atoms with Gasteiger partial charge in [0.15, 0.2) is 11.5 Å². The second-order valence-electron chi connectivity index (χ2n) is 11.2. The Morgan fingerprint density at radius 1 is 1.02 bits per heavy atom. The van der Waals surface area contributed by atoms with Crippen LogP contribution in [0.4, 0.5) is 0 Å². The van der Waals surface area contributed by atoms with E-state index < -0.39 is 0 Å². The zero-order chi connectivity index (χ0) is 28.3. The Bertz CT molecular complexity index is 1540. The molecule has 1 saturated heterocycles. The Morgan fingerprint density at radius 3 is 2.59 bits per heavy atom. The number of benzene rings is 3. The minimum absolute atomic E-state index is 0.00835. The van der Waals surface area contributed by atoms with Crippen molar-refractivity contribution in [2.24, 2.45) is 5.92 Å². The van der Waals surface area contributed by atoms with Crippen molar-refractivity contribution in [3.8, 4) is 22.6 Å². The Morgan fingerprint density at radius 2 is 1.85 bits per heavy atom. The molecule has 6 rings (SSSR count). The fourth-order valence-corrected chi connectivity index (χ4v) is 5.68. The lowest BCUT2D eigenvalue weighted by Crippen LogP contribution is -2.32. The van der Waals surface area contributed by atoms with Gasteiger partial charge in [0.25, 0.3) is 5.91 Å². The quantitative estimate of drug-likeness (QED) is 0.283. The largest absolute Gasteiger partial charge is 0.489 e. The van der Waals surface area contributed by atoms with Crippen LogP contribution in [-0.4, -0.2) is 53.6 Å². The number of aromatic nitrogens is 2. The van der Waals surface area contributed by atoms with E-state index in [0.717, 1.165) is 64.8 Å². The molecular weight excluding hydrogens is 514 g/mol. The number of aryl methyl sites for hydroxylation is 3. The number of fused-ring (bicyclic) bond motifs is 1. The van der Waals surface area contributed by atoms with Gasteiger partial charge in [0, 0.05) is 35.9 Å². The van der Waals surface area contributed by atoms with Crippen molar-refractivity contribution < 1.29 is 19.0 Å². The number of hydrogen-bond acceptors (Lipinski definition) is 5. The monoisotopic (exact) mass is 551 g/mol. The number of hydrogen-bond donors (Lipinski definition) is 0. The highest BCUT2D eigenvalue weighted by molar-refractivity contribution is 5.94. The lowest BCUT2D eigenvalue weighted by Gasteiger charge is -2.21. The minimum Gasteiger partial charge on any atom is -0.489 e. The third kappa shape index (κ3) is 6.00. The molecule has 0 radical (unpaired) electrons. The second kappa shape index (κ2) is 11.8. The Balaban J connectivity index is 1.25. The highest BCUT2D eigenvalue weighted by Crippen LogP contribution is 2.40. The summed E-state index contributed by atoms with van der Waals surface area (Å²) in [4.78, 5) is 15.6. The van der Waals surface area contributed by atoms with Crippen LogP contribution in [0, 0.1) is 26.7 Å². The smallest absolute Gasteiger partial charge is 0.254 e. The summed E-state index contributed by atoms with van der Waals surface area (Å²) in [6.07, 6.45) is 1.00. The SMILES string of the molecule is Cc1cc(C)n(Cc2ccc(C(=O)N3CCOc4c(cc(-c5ccccc5C)cc4OCC4CCOC4)C3)cc2)n1. The van der Waals surface area contributed by atoms with E-state index in [2.05, 4.69) is 55.3 Å². The van der Waals surface area contributed by atoms with Crippen LogP contribution in [0.2, 0.25) is 0 Å². The van der Waals surface area contributed by atoms with Crippen molar-refractivity contribution in [3.05, 3.63) is 100 Å². The molecule has 2 aliphatic heterocycles. The van der Waals surface area contributed by atoms with Crippen LogP contribution >= 0.6 is 0 Å². The third-order valence-electron chi connectivity index (χ3n) is 7.98. The first-order valence-corrected chi connectivity index (χ1v) is 14.4. The minimum atomic E-state index is -0.00835. The predicted octanol–water partition coefficient (Wildman–Crippen LogP) is 5.97. The molecule has 7 heteroatoms. The average molecular weight is 552 g/mol. The summed E-state index contributed by atoms with van der Waals surface area (Å²) >= 11 is 0. The summed E-state index contributed by atoms with van der Waals surface area (Å²) in [5, 5.41) is 4.56. The molecule has 1 atom stereocenters. The van der Waals surface area contributed by atoms with Gasteiger partial charge in [0.05, 0.1) is 32.0 Å². The van der Waals surface area contributed by atoms with Crippen LogP contribution in [0.5, 0.6) is 11.5 Å². The van der Waals surface area contributed by atoms with Crippen LogP contribution < -0.4 is 9.47 Å². The summed E-state index contributed by atoms with van der Waals surface area (Å²) in [5.74, 6) is 1.83. The standard InChI is InChI=1S/C34H37N3O4/c1-23-6-4-5-7-31(23)29-17-30-20-36(13-15-40-33(30)32(18-29)41-22-27-12-14-39-21-27)34(38)28-10-8-26(9-11-28)19-37-25(3)16-24(2)35-37/h4-11,16-18,27H,12-15,19-22H2,1-3H3. The summed E-state index contributed by atoms with van der Waals surface area (Å²) in [6, 6.07) is 22.5. The second-order valence-corrected chi connectivity index (χ2v) is 11.2. The maximum Gasteiger partial charge on any atom is 0.254 e. The van der Waals surface area contributed by atoms with Gasteiger partial charge in [0.2, 0.25) is 0 Å². The summed E-state index contributed by atoms with van der Waals surface area (Å²) in [5.41, 5.74) is 8.24. The molecule has 41 heavy (non-hydrogen) atoms. The molecule has 3 aromatic carbocycles. The van der Waals surface area contributed by atoms with Gasteiger partial charge in [0.1, 0.15) is 6.61 Å². The molecule has 0 saturated carbocycles. The Hall–Kier alpha value is -4.10. The highest BCUT2D eigenvalue weighted by atomic mass is 16.5. The van der Waals surface area contributed by atoms with Gasteiger partial charge in [-0.05, 0) is 79.8 Å². The van der Waals surface area contributed by atoms with Crippen LogP contribution in [-0.2, 0) is 17.8 Å². The van der Waals surface area contributed by atoms with E-state index in [-0.39, 0.29) is 5.91 Å². The van der Waals surface area contributed by atoms with Gasteiger partial charge in [-0.15, -0.1) is 0 Å². The van der Waals surface area contributed by atoms with E-state index >= 15 is 0 Å². The van der Waals surface area contributed by atoms with E-state index in [1.165, 1.54) is 5.56 Å². The van der Waals surface area contributed by atoms with E-state index in [0.29, 0.717) is 44.3 Å². The van der Waals surface area contributed by atoms with Crippen LogP contribution in [0.15, 0.2) is 66.7 Å². The fraction of sp³-hybridized carbons (Fsp3) is 0.353. The van der Waals surface area contributed by atoms with Crippen molar-refractivity contribution >= 4 is 5.91 Å². The van der Waals surface area contributed by atoms with Crippen molar-refractivity contribution in [2.45, 2.75) is 40.3 Å². The molecular formula is C34H37N3O4. The molecule has 0 N–H and O–H groups in total. The fourth-order valence-electron chi connectivity index (χ4n) is 5.68. The number of ether oxygens (including phenoxy) is 3. The first kappa shape index (κ1) is 27.1. The maximum atomic E-state index is 13.7. The van der Waals surface area contributed by atoms with Crippen molar-refractivity contribution in [1.82, 2.24) is 14.7 Å². The molecule has 212 valence electrons. The van der Waals surface area contributed by atoms with E-state index in [9.17, 15) is 4.79 Å². The molecule has 0 bridgehead atoms. The Kier molecular flexibility index (Phi) is 7.79. The molecule has 2 aliphatic rings. The normalized spacial score (nSPS) is 16.7. The lowest BCUT2D eigenvalue weighted by atomic mass is 9.97. The van der Waals surface area contributed by atoms with Crippen LogP contribution in [0.3, 0.4) is 0 Å². The summed E-state index contributed by atoms with van der Waals surface area (Å²) in [6.45, 7) is 10.3. The van der Waals surface area contributed by atoms with Crippen molar-refractivity contribution in [2.75, 3.05) is 33.0 Å². The van der Waals surface area contributed by atoms with Gasteiger partial charge < -0.3 is 19.1 Å². The first-order valence-electron chi connectivity index (χ1n) is 14.4. The molecule has 1 unspecified atom stereocenters. The van der Waals surface area contributed by atoms with Gasteiger partial charge >= 0.3 is 0 Å². The number of carbonyl (C=O) groups excluding carboxylic acids is 1. The van der Waals surface area contributed by atoms with Gasteiger partial charge in [-0.25, -0.2) is 0 Å². The van der Waals surface area contributed by atoms with Crippen molar-refractivity contribution in [1.29, 1.82) is 0 Å². The third-order valence-corrected chi connectivity index (χ3v) is 7.98. The molecule has 1 amide bonds. The molecule has 1 aromatic heterocycles. The zero-order valence-electron chi connectivity index (χ0n) is 24.1. The van der Waals surface area contributed by atoms with Crippen LogP contribution in [0.25, 0.3) is 11.1 Å². The molecule has 1 fully saturated rings. The molecule has 0 spiro atoms. The maximum absolute atomic E-state index is 13.7. The van der Waals surface area contributed by atoms with Crippen molar-refractivity contribution in [3.63, 3.8) is 0 Å². The van der Waals surface area contributed by atoms with E-state index in [1.54, 1.807) is 0 Å². The summed E-state index contributed by atoms with van der Waals surface area (Å²) < 4.78 is 20.2.